The summed E-state index contributed by atoms with van der Waals surface area (Å²) >= 11 is 0. The third kappa shape index (κ3) is 2.93. The first-order valence-electron chi connectivity index (χ1n) is 10.9. The average molecular weight is 457 g/mol. The number of nitrogens with one attached hydrogen (secondary N) is 2. The van der Waals surface area contributed by atoms with Crippen molar-refractivity contribution < 1.29 is 14.3 Å². The van der Waals surface area contributed by atoms with Gasteiger partial charge in [-0.25, -0.2) is 9.18 Å². The molecule has 0 spiro atoms. The van der Waals surface area contributed by atoms with Crippen LogP contribution in [0.2, 0.25) is 0 Å². The second kappa shape index (κ2) is 7.31. The summed E-state index contributed by atoms with van der Waals surface area (Å²) in [5.41, 5.74) is 9.74. The molecular weight excluding hydrogens is 437 g/mol. The first-order chi connectivity index (χ1) is 16.4. The van der Waals surface area contributed by atoms with Gasteiger partial charge in [0.25, 0.3) is 5.56 Å². The summed E-state index contributed by atoms with van der Waals surface area (Å²) in [6.07, 6.45) is 4.31. The Bertz CT molecular complexity index is 1690. The molecule has 1 aliphatic rings. The number of carboxylic acids is 1. The molecule has 0 unspecified atom stereocenters. The Balaban J connectivity index is 1.67. The smallest absolute Gasteiger partial charge is 0.353 e. The van der Waals surface area contributed by atoms with Gasteiger partial charge in [0.2, 0.25) is 0 Å². The molecular formula is C25H20FN5O3. The maximum absolute atomic E-state index is 15.1. The standard InChI is InChI=1S/C25H20FN5O3/c26-18-10-19-16(23(27)30-29-19)8-14(18)11-31-20-9-13-4-1-3-12(13)7-17(20)21(22(31)25(33)34)15-5-2-6-28-24(15)32/h2,5-10H,1,3-4,11H2,(H,28,32)(H,33,34)(H3,27,29,30). The monoisotopic (exact) mass is 457 g/mol. The Morgan fingerprint density at radius 2 is 1.97 bits per heavy atom. The Hall–Kier alpha value is -4.40. The van der Waals surface area contributed by atoms with Crippen LogP contribution in [0.3, 0.4) is 0 Å². The number of fused-ring (bicyclic) bond motifs is 3. The number of nitrogens with two attached hydrogens (primary N) is 1. The normalized spacial score (nSPS) is 13.1. The number of aryl methyl sites for hydroxylation is 2. The molecule has 1 aliphatic carbocycles. The number of hydrogen-bond acceptors (Lipinski definition) is 4. The van der Waals surface area contributed by atoms with E-state index in [0.29, 0.717) is 27.4 Å². The Kier molecular flexibility index (Phi) is 4.35. The zero-order valence-corrected chi connectivity index (χ0v) is 18.0. The molecule has 0 aliphatic heterocycles. The number of aromatic carboxylic acids is 1. The van der Waals surface area contributed by atoms with Gasteiger partial charge in [-0.1, -0.05) is 0 Å². The van der Waals surface area contributed by atoms with Crippen LogP contribution in [-0.2, 0) is 19.4 Å². The van der Waals surface area contributed by atoms with Crippen molar-refractivity contribution >= 4 is 33.6 Å². The van der Waals surface area contributed by atoms with Crippen molar-refractivity contribution in [3.05, 3.63) is 81.2 Å². The van der Waals surface area contributed by atoms with Crippen molar-refractivity contribution in [1.29, 1.82) is 0 Å². The predicted octanol–water partition coefficient (Wildman–Crippen LogP) is 3.83. The molecule has 0 radical (unpaired) electrons. The van der Waals surface area contributed by atoms with E-state index in [1.54, 1.807) is 22.8 Å². The molecule has 0 amide bonds. The first-order valence-corrected chi connectivity index (χ1v) is 10.9. The maximum Gasteiger partial charge on any atom is 0.353 e. The molecule has 34 heavy (non-hydrogen) atoms. The first kappa shape index (κ1) is 20.2. The molecule has 8 nitrogen and oxygen atoms in total. The minimum Gasteiger partial charge on any atom is -0.477 e. The summed E-state index contributed by atoms with van der Waals surface area (Å²) in [7, 11) is 0. The molecule has 170 valence electrons. The van der Waals surface area contributed by atoms with Crippen LogP contribution in [0, 0.1) is 5.82 Å². The summed E-state index contributed by atoms with van der Waals surface area (Å²) in [4.78, 5) is 27.9. The van der Waals surface area contributed by atoms with Crippen LogP contribution < -0.4 is 11.3 Å². The van der Waals surface area contributed by atoms with Crippen LogP contribution in [-0.4, -0.2) is 30.8 Å². The van der Waals surface area contributed by atoms with Crippen molar-refractivity contribution in [1.82, 2.24) is 19.7 Å². The predicted molar refractivity (Wildman–Crippen MR) is 127 cm³/mol. The van der Waals surface area contributed by atoms with E-state index in [-0.39, 0.29) is 34.7 Å². The fraction of sp³-hybridized carbons (Fsp3) is 0.160. The molecule has 5 N–H and O–H groups in total. The number of halogens is 1. The third-order valence-corrected chi connectivity index (χ3v) is 6.65. The number of carboxylic acid groups (broad SMARTS) is 1. The zero-order chi connectivity index (χ0) is 23.6. The van der Waals surface area contributed by atoms with Gasteiger partial charge in [0, 0.05) is 39.2 Å². The molecule has 6 rings (SSSR count). The van der Waals surface area contributed by atoms with E-state index < -0.39 is 11.8 Å². The second-order valence-corrected chi connectivity index (χ2v) is 8.62. The lowest BCUT2D eigenvalue weighted by Gasteiger charge is -2.11. The highest BCUT2D eigenvalue weighted by Crippen LogP contribution is 2.38. The van der Waals surface area contributed by atoms with Gasteiger partial charge in [0.15, 0.2) is 5.82 Å². The van der Waals surface area contributed by atoms with Crippen LogP contribution >= 0.6 is 0 Å². The topological polar surface area (TPSA) is 130 Å². The largest absolute Gasteiger partial charge is 0.477 e. The Morgan fingerprint density at radius 3 is 2.74 bits per heavy atom. The van der Waals surface area contributed by atoms with E-state index in [9.17, 15) is 14.7 Å². The number of benzene rings is 2. The van der Waals surface area contributed by atoms with Crippen LogP contribution in [0.1, 0.15) is 33.6 Å². The van der Waals surface area contributed by atoms with Crippen LogP contribution in [0.15, 0.2) is 47.4 Å². The van der Waals surface area contributed by atoms with E-state index in [0.717, 1.165) is 30.4 Å². The Morgan fingerprint density at radius 1 is 1.18 bits per heavy atom. The van der Waals surface area contributed by atoms with E-state index >= 15 is 4.39 Å². The number of nitrogen functional groups attached to an aromatic ring is 1. The van der Waals surface area contributed by atoms with Crippen molar-refractivity contribution in [2.45, 2.75) is 25.8 Å². The minimum absolute atomic E-state index is 0.0476. The highest BCUT2D eigenvalue weighted by Gasteiger charge is 2.27. The molecule has 0 fully saturated rings. The Labute approximate surface area is 191 Å². The summed E-state index contributed by atoms with van der Waals surface area (Å²) in [5.74, 6) is -1.46. The fourth-order valence-electron chi connectivity index (χ4n) is 5.09. The average Bonchev–Trinajstić information content (AvgIpc) is 3.49. The van der Waals surface area contributed by atoms with Gasteiger partial charge in [0.05, 0.1) is 12.1 Å². The zero-order valence-electron chi connectivity index (χ0n) is 18.0. The minimum atomic E-state index is -1.20. The van der Waals surface area contributed by atoms with Gasteiger partial charge in [-0.05, 0) is 66.8 Å². The molecule has 9 heteroatoms. The molecule has 3 heterocycles. The SMILES string of the molecule is Nc1n[nH]c2cc(F)c(Cn3c(C(=O)O)c(-c4ccc[nH]c4=O)c4cc5c(cc43)CCC5)cc12. The number of H-pyrrole nitrogens is 2. The molecule has 3 aromatic heterocycles. The van der Waals surface area contributed by atoms with Crippen molar-refractivity contribution in [3.8, 4) is 11.1 Å². The summed E-state index contributed by atoms with van der Waals surface area (Å²) < 4.78 is 16.6. The maximum atomic E-state index is 15.1. The molecule has 0 atom stereocenters. The molecule has 2 aromatic carbocycles. The van der Waals surface area contributed by atoms with Crippen molar-refractivity contribution in [2.75, 3.05) is 5.73 Å². The number of pyridine rings is 1. The van der Waals surface area contributed by atoms with Crippen molar-refractivity contribution in [2.24, 2.45) is 0 Å². The lowest BCUT2D eigenvalue weighted by Crippen LogP contribution is -2.14. The van der Waals surface area contributed by atoms with E-state index in [1.807, 2.05) is 12.1 Å². The molecule has 0 saturated carbocycles. The highest BCUT2D eigenvalue weighted by atomic mass is 19.1. The lowest BCUT2D eigenvalue weighted by atomic mass is 10.00. The molecule has 5 aromatic rings. The highest BCUT2D eigenvalue weighted by molar-refractivity contribution is 6.08. The molecule has 0 bridgehead atoms. The van der Waals surface area contributed by atoms with E-state index in [4.69, 9.17) is 5.73 Å². The summed E-state index contributed by atoms with van der Waals surface area (Å²) in [6.45, 7) is -0.0476. The lowest BCUT2D eigenvalue weighted by molar-refractivity contribution is 0.0687. The van der Waals surface area contributed by atoms with Gasteiger partial charge in [-0.15, -0.1) is 0 Å². The number of aromatic amines is 2. The number of hydrogen-bond donors (Lipinski definition) is 4. The van der Waals surface area contributed by atoms with Crippen LogP contribution in [0.4, 0.5) is 10.2 Å². The van der Waals surface area contributed by atoms with Gasteiger partial charge in [0.1, 0.15) is 11.5 Å². The number of aromatic nitrogens is 4. The summed E-state index contributed by atoms with van der Waals surface area (Å²) in [6, 6.07) is 10.1. The second-order valence-electron chi connectivity index (χ2n) is 8.62. The van der Waals surface area contributed by atoms with Gasteiger partial charge in [-0.2, -0.15) is 5.10 Å². The van der Waals surface area contributed by atoms with E-state index in [2.05, 4.69) is 15.2 Å². The number of nitrogens with zero attached hydrogens (tertiary/aromatic N) is 2. The van der Waals surface area contributed by atoms with Gasteiger partial charge >= 0.3 is 5.97 Å². The van der Waals surface area contributed by atoms with Gasteiger partial charge < -0.3 is 20.4 Å². The number of carbonyl (C=O) groups is 1. The molecule has 0 saturated heterocycles. The number of anilines is 1. The van der Waals surface area contributed by atoms with Crippen molar-refractivity contribution in [3.63, 3.8) is 0 Å². The van der Waals surface area contributed by atoms with E-state index in [1.165, 1.54) is 12.3 Å². The third-order valence-electron chi connectivity index (χ3n) is 6.65. The quantitative estimate of drug-likeness (QED) is 0.326. The fourth-order valence-corrected chi connectivity index (χ4v) is 5.09. The number of rotatable bonds is 4. The summed E-state index contributed by atoms with van der Waals surface area (Å²) in [5, 5.41) is 18.1. The van der Waals surface area contributed by atoms with Crippen LogP contribution in [0.25, 0.3) is 32.9 Å². The van der Waals surface area contributed by atoms with Gasteiger partial charge in [-0.3, -0.25) is 9.89 Å². The van der Waals surface area contributed by atoms with Crippen LogP contribution in [0.5, 0.6) is 0 Å².